The maximum atomic E-state index is 0. The van der Waals surface area contributed by atoms with Crippen molar-refractivity contribution in [3.05, 3.63) is 0 Å². The Kier molecular flexibility index (Phi) is 194. The molecule has 5 heavy (non-hydrogen) atoms. The molecule has 0 aromatic rings. The smallest absolute Gasteiger partial charge is 2.00 e. The average Bonchev–Trinajstić information content (AvgIpc) is 0. The molecule has 0 aliphatic rings. The molecule has 0 amide bonds. The van der Waals surface area contributed by atoms with E-state index in [1.54, 1.807) is 0 Å². The van der Waals surface area contributed by atoms with Crippen LogP contribution in [0.1, 0.15) is 0 Å². The molecule has 5 heteroatoms. The first-order chi connectivity index (χ1) is 0. The fourth-order valence-corrected chi connectivity index (χ4v) is 0. The quantitative estimate of drug-likeness (QED) is 0.259. The summed E-state index contributed by atoms with van der Waals surface area (Å²) >= 11 is 0. The number of hydrogen-bond donors (Lipinski definition) is 0. The van der Waals surface area contributed by atoms with Gasteiger partial charge in [0.15, 0.2) is 0 Å². The first kappa shape index (κ1) is 38.2. The molecule has 0 fully saturated rings. The van der Waals surface area contributed by atoms with Crippen molar-refractivity contribution < 1.29 is 0 Å². The van der Waals surface area contributed by atoms with Gasteiger partial charge in [0.05, 0.1) is 0 Å². The van der Waals surface area contributed by atoms with Crippen LogP contribution in [-0.4, -0.2) is 81.9 Å². The third-order valence-corrected chi connectivity index (χ3v) is 0. The number of hydrogen-bond acceptors (Lipinski definition) is 0. The molecule has 0 spiro atoms. The second-order valence-corrected chi connectivity index (χ2v) is 0. The van der Waals surface area contributed by atoms with Gasteiger partial charge in [-0.1, -0.05) is 0 Å². The molecule has 0 N–H and O–H groups in total. The van der Waals surface area contributed by atoms with E-state index in [2.05, 4.69) is 0 Å². The van der Waals surface area contributed by atoms with Gasteiger partial charge in [-0.15, -0.1) is 0 Å². The minimum atomic E-state index is 0. The summed E-state index contributed by atoms with van der Waals surface area (Å²) in [5.74, 6) is 0. The molecule has 0 aliphatic carbocycles. The largest absolute Gasteiger partial charge is 3.00 e. The van der Waals surface area contributed by atoms with E-state index in [9.17, 15) is 0 Å². The van der Waals surface area contributed by atoms with Crippen LogP contribution in [0.2, 0.25) is 0 Å². The second-order valence-electron chi connectivity index (χ2n) is 0. The van der Waals surface area contributed by atoms with Crippen molar-refractivity contribution >= 4 is 102 Å². The molecule has 0 aromatic heterocycles. The molecule has 0 unspecified atom stereocenters. The Labute approximate surface area is 99.7 Å². The van der Waals surface area contributed by atoms with Crippen molar-refractivity contribution in [2.45, 2.75) is 0 Å². The predicted molar refractivity (Wildman–Crippen MR) is 31.1 cm³/mol. The zero-order valence-corrected chi connectivity index (χ0v) is 15.8. The zero-order valence-electron chi connectivity index (χ0n) is 2.39. The Morgan fingerprint density at radius 3 is 0.400 bits per heavy atom. The molecule has 0 atom stereocenters. The first-order valence-corrected chi connectivity index (χ1v) is 0. The van der Waals surface area contributed by atoms with Crippen LogP contribution in [0, 0.1) is 0 Å². The molecule has 0 saturated carbocycles. The van der Waals surface area contributed by atoms with Crippen LogP contribution >= 0.6 is 19.8 Å². The summed E-state index contributed by atoms with van der Waals surface area (Å²) in [6, 6.07) is 0. The van der Waals surface area contributed by atoms with Crippen molar-refractivity contribution in [1.29, 1.82) is 0 Å². The van der Waals surface area contributed by atoms with Crippen LogP contribution in [0.25, 0.3) is 0 Å². The van der Waals surface area contributed by atoms with Gasteiger partial charge in [0.2, 0.25) is 0 Å². The van der Waals surface area contributed by atoms with Gasteiger partial charge in [0, 0.05) is 0 Å². The van der Waals surface area contributed by atoms with E-state index in [1.165, 1.54) is 0 Å². The molecule has 6 radical (unpaired) electrons. The van der Waals surface area contributed by atoms with Gasteiger partial charge in [0.1, 0.15) is 0 Å². The van der Waals surface area contributed by atoms with Crippen LogP contribution < -0.4 is 0 Å². The molecule has 0 nitrogen and oxygen atoms in total. The fraction of sp³-hybridized carbons (Fsp3) is 0. The summed E-state index contributed by atoms with van der Waals surface area (Å²) in [5.41, 5.74) is 0. The Hall–Kier alpha value is 3.63. The summed E-state index contributed by atoms with van der Waals surface area (Å²) in [6.07, 6.45) is 0. The molecular formula is P2Pb3. The van der Waals surface area contributed by atoms with E-state index in [-0.39, 0.29) is 102 Å². The van der Waals surface area contributed by atoms with Crippen LogP contribution in [0.15, 0.2) is 0 Å². The maximum absolute atomic E-state index is 0. The summed E-state index contributed by atoms with van der Waals surface area (Å²) in [7, 11) is 0. The SMILES string of the molecule is [P-3].[P-3].[Pb+2].[Pb+2].[Pb+2]. The normalized spacial score (nSPS) is 0. The van der Waals surface area contributed by atoms with Crippen LogP contribution in [0.4, 0.5) is 0 Å². The molecular weight excluding hydrogens is 684 g/mol. The van der Waals surface area contributed by atoms with Gasteiger partial charge in [-0.05, 0) is 0 Å². The van der Waals surface area contributed by atoms with Crippen LogP contribution in [-0.2, 0) is 0 Å². The van der Waals surface area contributed by atoms with E-state index in [0.717, 1.165) is 0 Å². The molecule has 0 rings (SSSR count). The maximum Gasteiger partial charge on any atom is 2.00 e. The molecule has 0 aliphatic heterocycles. The van der Waals surface area contributed by atoms with E-state index in [4.69, 9.17) is 0 Å². The van der Waals surface area contributed by atoms with Crippen LogP contribution in [0.5, 0.6) is 0 Å². The Morgan fingerprint density at radius 2 is 0.400 bits per heavy atom. The van der Waals surface area contributed by atoms with Crippen molar-refractivity contribution in [1.82, 2.24) is 0 Å². The zero-order chi connectivity index (χ0) is 0. The summed E-state index contributed by atoms with van der Waals surface area (Å²) in [6.45, 7) is 0. The third-order valence-electron chi connectivity index (χ3n) is 0. The second kappa shape index (κ2) is 25.5. The predicted octanol–water partition coefficient (Wildman–Crippen LogP) is 0.580. The molecule has 22 valence electrons. The summed E-state index contributed by atoms with van der Waals surface area (Å²) in [4.78, 5) is 0. The van der Waals surface area contributed by atoms with Gasteiger partial charge in [0.25, 0.3) is 0 Å². The Bertz CT molecular complexity index is 4.85. The minimum Gasteiger partial charge on any atom is -3.00 e. The average molecular weight is 684 g/mol. The van der Waals surface area contributed by atoms with Crippen molar-refractivity contribution in [3.8, 4) is 0 Å². The van der Waals surface area contributed by atoms with Gasteiger partial charge in [-0.3, -0.25) is 0 Å². The topological polar surface area (TPSA) is 0 Å². The van der Waals surface area contributed by atoms with Gasteiger partial charge in [-0.25, -0.2) is 0 Å². The van der Waals surface area contributed by atoms with Gasteiger partial charge >= 0.3 is 81.9 Å². The van der Waals surface area contributed by atoms with Crippen LogP contribution in [0.3, 0.4) is 0 Å². The molecule has 0 aromatic carbocycles. The molecule has 0 heterocycles. The van der Waals surface area contributed by atoms with Crippen molar-refractivity contribution in [2.75, 3.05) is 0 Å². The minimum absolute atomic E-state index is 0. The standard InChI is InChI=1S/2P.3Pb/q2*-3;3*+2. The van der Waals surface area contributed by atoms with E-state index in [0.29, 0.717) is 0 Å². The Balaban J connectivity index is 0. The fourth-order valence-electron chi connectivity index (χ4n) is 0. The first-order valence-electron chi connectivity index (χ1n) is 0. The molecule has 0 bridgehead atoms. The van der Waals surface area contributed by atoms with E-state index in [1.807, 2.05) is 0 Å². The third kappa shape index (κ3) is 18.4. The Morgan fingerprint density at radius 1 is 0.400 bits per heavy atom. The summed E-state index contributed by atoms with van der Waals surface area (Å²) in [5, 5.41) is 0. The van der Waals surface area contributed by atoms with Gasteiger partial charge in [-0.2, -0.15) is 0 Å². The van der Waals surface area contributed by atoms with Gasteiger partial charge < -0.3 is 19.8 Å². The monoisotopic (exact) mass is 686 g/mol. The molecule has 0 saturated heterocycles. The summed E-state index contributed by atoms with van der Waals surface area (Å²) < 4.78 is 0. The van der Waals surface area contributed by atoms with Crippen molar-refractivity contribution in [2.24, 2.45) is 0 Å². The van der Waals surface area contributed by atoms with E-state index >= 15 is 0 Å². The number of rotatable bonds is 0. The van der Waals surface area contributed by atoms with Crippen molar-refractivity contribution in [3.63, 3.8) is 0 Å². The van der Waals surface area contributed by atoms with E-state index < -0.39 is 0 Å².